The maximum atomic E-state index is 12.4. The third-order valence-corrected chi connectivity index (χ3v) is 4.73. The Bertz CT molecular complexity index is 857. The molecule has 142 valence electrons. The Morgan fingerprint density at radius 1 is 1.19 bits per heavy atom. The van der Waals surface area contributed by atoms with Crippen molar-refractivity contribution < 1.29 is 14.3 Å². The van der Waals surface area contributed by atoms with Gasteiger partial charge in [0.2, 0.25) is 5.91 Å². The molecule has 0 spiro atoms. The molecule has 1 heterocycles. The Hall–Kier alpha value is -2.53. The van der Waals surface area contributed by atoms with Crippen LogP contribution in [0.3, 0.4) is 0 Å². The van der Waals surface area contributed by atoms with Gasteiger partial charge >= 0.3 is 0 Å². The number of hydrogen-bond acceptors (Lipinski definition) is 3. The molecule has 0 aromatic heterocycles. The van der Waals surface area contributed by atoms with Crippen LogP contribution in [0.15, 0.2) is 42.5 Å². The minimum atomic E-state index is -0.231. The molecule has 3 rings (SSSR count). The summed E-state index contributed by atoms with van der Waals surface area (Å²) in [6.07, 6.45) is 0. The van der Waals surface area contributed by atoms with E-state index >= 15 is 0 Å². The minimum absolute atomic E-state index is 0.0272. The zero-order valence-corrected chi connectivity index (χ0v) is 16.5. The Kier molecular flexibility index (Phi) is 5.42. The van der Waals surface area contributed by atoms with Crippen molar-refractivity contribution in [3.05, 3.63) is 58.6 Å². The molecule has 2 amide bonds. The molecule has 1 aliphatic heterocycles. The Morgan fingerprint density at radius 3 is 2.56 bits per heavy atom. The topological polar surface area (TPSA) is 58.6 Å². The van der Waals surface area contributed by atoms with E-state index in [4.69, 9.17) is 16.3 Å². The summed E-state index contributed by atoms with van der Waals surface area (Å²) in [5.41, 5.74) is 2.65. The molecule has 0 unspecified atom stereocenters. The molecule has 1 aliphatic rings. The van der Waals surface area contributed by atoms with Crippen LogP contribution >= 0.6 is 11.6 Å². The second-order valence-electron chi connectivity index (χ2n) is 7.60. The Labute approximate surface area is 164 Å². The van der Waals surface area contributed by atoms with Gasteiger partial charge in [-0.2, -0.15) is 0 Å². The second-order valence-corrected chi connectivity index (χ2v) is 8.04. The van der Waals surface area contributed by atoms with Gasteiger partial charge in [0.25, 0.3) is 5.91 Å². The number of carbonyl (C=O) groups is 2. The first-order chi connectivity index (χ1) is 12.7. The first-order valence-corrected chi connectivity index (χ1v) is 9.21. The summed E-state index contributed by atoms with van der Waals surface area (Å²) in [4.78, 5) is 26.1. The van der Waals surface area contributed by atoms with Gasteiger partial charge in [0.1, 0.15) is 12.3 Å². The molecule has 0 saturated carbocycles. The monoisotopic (exact) mass is 386 g/mol. The number of nitrogens with one attached hydrogen (secondary N) is 1. The van der Waals surface area contributed by atoms with Gasteiger partial charge < -0.3 is 10.1 Å². The van der Waals surface area contributed by atoms with Crippen molar-refractivity contribution in [3.8, 4) is 5.75 Å². The summed E-state index contributed by atoms with van der Waals surface area (Å²) in [6.45, 7) is 6.62. The van der Waals surface area contributed by atoms with Crippen LogP contribution in [0, 0.1) is 0 Å². The van der Waals surface area contributed by atoms with Crippen LogP contribution < -0.4 is 15.0 Å². The predicted molar refractivity (Wildman–Crippen MR) is 106 cm³/mol. The molecule has 27 heavy (non-hydrogen) atoms. The van der Waals surface area contributed by atoms with Crippen LogP contribution in [-0.2, 0) is 21.5 Å². The number of fused-ring (bicyclic) bond motifs is 1. The average molecular weight is 387 g/mol. The molecular formula is C21H23ClN2O3. The number of nitrogens with zero attached hydrogens (tertiary/aromatic N) is 1. The van der Waals surface area contributed by atoms with E-state index in [1.165, 1.54) is 4.90 Å². The highest BCUT2D eigenvalue weighted by molar-refractivity contribution is 6.30. The van der Waals surface area contributed by atoms with E-state index in [-0.39, 0.29) is 30.4 Å². The van der Waals surface area contributed by atoms with Crippen LogP contribution in [0.1, 0.15) is 31.9 Å². The fraction of sp³-hybridized carbons (Fsp3) is 0.333. The number of rotatable bonds is 4. The maximum Gasteiger partial charge on any atom is 0.265 e. The summed E-state index contributed by atoms with van der Waals surface area (Å²) < 4.78 is 5.59. The van der Waals surface area contributed by atoms with Crippen molar-refractivity contribution in [1.82, 2.24) is 5.32 Å². The van der Waals surface area contributed by atoms with E-state index in [0.717, 1.165) is 11.1 Å². The quantitative estimate of drug-likeness (QED) is 0.872. The Balaban J connectivity index is 1.70. The maximum absolute atomic E-state index is 12.4. The van der Waals surface area contributed by atoms with Crippen LogP contribution in [0.4, 0.5) is 5.69 Å². The van der Waals surface area contributed by atoms with Gasteiger partial charge in [-0.3, -0.25) is 14.5 Å². The van der Waals surface area contributed by atoms with Crippen LogP contribution in [-0.4, -0.2) is 25.0 Å². The van der Waals surface area contributed by atoms with Crippen molar-refractivity contribution in [2.75, 3.05) is 18.1 Å². The smallest absolute Gasteiger partial charge is 0.265 e. The number of amides is 2. The number of hydrogen-bond donors (Lipinski definition) is 1. The average Bonchev–Trinajstić information content (AvgIpc) is 2.62. The number of ether oxygens (including phenoxy) is 1. The van der Waals surface area contributed by atoms with Gasteiger partial charge in [0.05, 0.1) is 5.69 Å². The molecule has 0 radical (unpaired) electrons. The lowest BCUT2D eigenvalue weighted by Gasteiger charge is -2.30. The highest BCUT2D eigenvalue weighted by Crippen LogP contribution is 2.36. The first kappa shape index (κ1) is 19.2. The van der Waals surface area contributed by atoms with Gasteiger partial charge in [0.15, 0.2) is 6.61 Å². The SMILES string of the molecule is CC(C)(C)c1ccc2c(c1)OCC(=O)N2CC(=O)NCc1ccc(Cl)cc1. The van der Waals surface area contributed by atoms with Crippen LogP contribution in [0.25, 0.3) is 0 Å². The molecule has 2 aromatic carbocycles. The molecule has 6 heteroatoms. The minimum Gasteiger partial charge on any atom is -0.482 e. The Morgan fingerprint density at radius 2 is 1.89 bits per heavy atom. The molecule has 0 atom stereocenters. The van der Waals surface area contributed by atoms with Gasteiger partial charge in [-0.05, 0) is 40.8 Å². The van der Waals surface area contributed by atoms with E-state index in [1.54, 1.807) is 12.1 Å². The van der Waals surface area contributed by atoms with Gasteiger partial charge in [-0.25, -0.2) is 0 Å². The fourth-order valence-electron chi connectivity index (χ4n) is 2.85. The van der Waals surface area contributed by atoms with Gasteiger partial charge in [-0.15, -0.1) is 0 Å². The lowest BCUT2D eigenvalue weighted by atomic mass is 9.86. The van der Waals surface area contributed by atoms with E-state index in [2.05, 4.69) is 26.1 Å². The molecule has 0 aliphatic carbocycles. The van der Waals surface area contributed by atoms with E-state index in [1.807, 2.05) is 30.3 Å². The van der Waals surface area contributed by atoms with Crippen molar-refractivity contribution in [3.63, 3.8) is 0 Å². The number of anilines is 1. The molecule has 2 aromatic rings. The number of halogens is 1. The highest BCUT2D eigenvalue weighted by atomic mass is 35.5. The van der Waals surface area contributed by atoms with Gasteiger partial charge in [0, 0.05) is 11.6 Å². The zero-order valence-electron chi connectivity index (χ0n) is 15.7. The van der Waals surface area contributed by atoms with Gasteiger partial charge in [-0.1, -0.05) is 50.6 Å². The summed E-state index contributed by atoms with van der Waals surface area (Å²) in [5.74, 6) is 0.172. The number of carbonyl (C=O) groups excluding carboxylic acids is 2. The van der Waals surface area contributed by atoms with Crippen molar-refractivity contribution >= 4 is 29.1 Å². The third kappa shape index (κ3) is 4.61. The lowest BCUT2D eigenvalue weighted by Crippen LogP contribution is -2.45. The molecule has 5 nitrogen and oxygen atoms in total. The lowest BCUT2D eigenvalue weighted by molar-refractivity contribution is -0.125. The predicted octanol–water partition coefficient (Wildman–Crippen LogP) is 3.68. The largest absolute Gasteiger partial charge is 0.482 e. The van der Waals surface area contributed by atoms with Crippen LogP contribution in [0.5, 0.6) is 5.75 Å². The first-order valence-electron chi connectivity index (χ1n) is 8.83. The molecule has 0 saturated heterocycles. The fourth-order valence-corrected chi connectivity index (χ4v) is 2.97. The van der Waals surface area contributed by atoms with E-state index in [0.29, 0.717) is 23.0 Å². The molecule has 1 N–H and O–H groups in total. The summed E-state index contributed by atoms with van der Waals surface area (Å²) in [6, 6.07) is 13.0. The zero-order chi connectivity index (χ0) is 19.6. The van der Waals surface area contributed by atoms with Crippen molar-refractivity contribution in [1.29, 1.82) is 0 Å². The summed E-state index contributed by atoms with van der Waals surface area (Å²) in [7, 11) is 0. The normalized spacial score (nSPS) is 13.8. The highest BCUT2D eigenvalue weighted by Gasteiger charge is 2.28. The van der Waals surface area contributed by atoms with Crippen molar-refractivity contribution in [2.45, 2.75) is 32.7 Å². The second kappa shape index (κ2) is 7.61. The number of benzene rings is 2. The molecule has 0 bridgehead atoms. The van der Waals surface area contributed by atoms with E-state index in [9.17, 15) is 9.59 Å². The third-order valence-electron chi connectivity index (χ3n) is 4.47. The standard InChI is InChI=1S/C21H23ClN2O3/c1-21(2,3)15-6-9-17-18(10-15)27-13-20(26)24(17)12-19(25)23-11-14-4-7-16(22)8-5-14/h4-10H,11-13H2,1-3H3,(H,23,25). The molecule has 0 fully saturated rings. The van der Waals surface area contributed by atoms with E-state index < -0.39 is 0 Å². The van der Waals surface area contributed by atoms with Crippen molar-refractivity contribution in [2.24, 2.45) is 0 Å². The summed E-state index contributed by atoms with van der Waals surface area (Å²) >= 11 is 5.86. The summed E-state index contributed by atoms with van der Waals surface area (Å²) in [5, 5.41) is 3.48. The molecular weight excluding hydrogens is 364 g/mol. The van der Waals surface area contributed by atoms with Crippen LogP contribution in [0.2, 0.25) is 5.02 Å².